The van der Waals surface area contributed by atoms with Gasteiger partial charge in [0.1, 0.15) is 0 Å². The van der Waals surface area contributed by atoms with Gasteiger partial charge in [0.25, 0.3) is 0 Å². The minimum atomic E-state index is 0.705. The molecule has 1 heterocycles. The van der Waals surface area contributed by atoms with Gasteiger partial charge in [-0.3, -0.25) is 4.90 Å². The maximum atomic E-state index is 6.03. The van der Waals surface area contributed by atoms with Gasteiger partial charge < -0.3 is 4.90 Å². The molecule has 1 atom stereocenters. The van der Waals surface area contributed by atoms with Crippen molar-refractivity contribution >= 4 is 17.3 Å². The van der Waals surface area contributed by atoms with Crippen LogP contribution in [0, 0.1) is 0 Å². The Morgan fingerprint density at radius 2 is 1.94 bits per heavy atom. The minimum Gasteiger partial charge on any atom is -0.369 e. The van der Waals surface area contributed by atoms with Crippen LogP contribution in [0.4, 0.5) is 5.69 Å². The number of nitrogens with zero attached hydrogens (tertiary/aromatic N) is 2. The molecule has 0 bridgehead atoms. The monoisotopic (exact) mass is 252 g/mol. The van der Waals surface area contributed by atoms with Gasteiger partial charge in [0.2, 0.25) is 0 Å². The summed E-state index contributed by atoms with van der Waals surface area (Å²) in [6.07, 6.45) is 1.23. The summed E-state index contributed by atoms with van der Waals surface area (Å²) in [5.41, 5.74) is 1.25. The van der Waals surface area contributed by atoms with Crippen molar-refractivity contribution in [3.63, 3.8) is 0 Å². The van der Waals surface area contributed by atoms with E-state index in [-0.39, 0.29) is 0 Å². The Kier molecular flexibility index (Phi) is 4.30. The van der Waals surface area contributed by atoms with E-state index in [4.69, 9.17) is 11.6 Å². The zero-order chi connectivity index (χ0) is 12.3. The standard InChI is InChI=1S/C14H21ClN2/c1-3-12(2)16-7-9-17(10-8-16)14-6-4-5-13(15)11-14/h4-6,11-12H,3,7-10H2,1-2H3/t12-/m1/s1. The van der Waals surface area contributed by atoms with E-state index in [0.29, 0.717) is 6.04 Å². The maximum Gasteiger partial charge on any atom is 0.0426 e. The lowest BCUT2D eigenvalue weighted by Gasteiger charge is -2.39. The van der Waals surface area contributed by atoms with E-state index in [2.05, 4.69) is 35.8 Å². The lowest BCUT2D eigenvalue weighted by Crippen LogP contribution is -2.49. The van der Waals surface area contributed by atoms with Crippen molar-refractivity contribution in [2.75, 3.05) is 31.1 Å². The molecule has 0 N–H and O–H groups in total. The minimum absolute atomic E-state index is 0.705. The zero-order valence-corrected chi connectivity index (χ0v) is 11.5. The molecule has 0 amide bonds. The second-order valence-electron chi connectivity index (χ2n) is 4.76. The zero-order valence-electron chi connectivity index (χ0n) is 10.7. The van der Waals surface area contributed by atoms with Gasteiger partial charge >= 0.3 is 0 Å². The average molecular weight is 253 g/mol. The van der Waals surface area contributed by atoms with Crippen LogP contribution in [0.25, 0.3) is 0 Å². The van der Waals surface area contributed by atoms with Crippen LogP contribution < -0.4 is 4.90 Å². The van der Waals surface area contributed by atoms with Crippen LogP contribution in [0.1, 0.15) is 20.3 Å². The molecule has 1 saturated heterocycles. The van der Waals surface area contributed by atoms with E-state index in [1.54, 1.807) is 0 Å². The van der Waals surface area contributed by atoms with Gasteiger partial charge in [-0.15, -0.1) is 0 Å². The second kappa shape index (κ2) is 5.74. The van der Waals surface area contributed by atoms with Crippen molar-refractivity contribution in [1.29, 1.82) is 0 Å². The fourth-order valence-electron chi connectivity index (χ4n) is 2.35. The van der Waals surface area contributed by atoms with E-state index >= 15 is 0 Å². The Balaban J connectivity index is 1.95. The fourth-order valence-corrected chi connectivity index (χ4v) is 2.54. The highest BCUT2D eigenvalue weighted by atomic mass is 35.5. The molecular weight excluding hydrogens is 232 g/mol. The highest BCUT2D eigenvalue weighted by Crippen LogP contribution is 2.21. The predicted octanol–water partition coefficient (Wildman–Crippen LogP) is 3.26. The van der Waals surface area contributed by atoms with E-state index in [1.807, 2.05) is 12.1 Å². The Bertz CT molecular complexity index is 359. The van der Waals surface area contributed by atoms with Gasteiger partial charge in [0, 0.05) is 42.9 Å². The van der Waals surface area contributed by atoms with Crippen LogP contribution in [-0.2, 0) is 0 Å². The van der Waals surface area contributed by atoms with Crippen molar-refractivity contribution in [1.82, 2.24) is 4.90 Å². The van der Waals surface area contributed by atoms with E-state index in [0.717, 1.165) is 31.2 Å². The Hall–Kier alpha value is -0.730. The second-order valence-corrected chi connectivity index (χ2v) is 5.20. The number of rotatable bonds is 3. The molecule has 0 spiro atoms. The third-order valence-electron chi connectivity index (χ3n) is 3.70. The van der Waals surface area contributed by atoms with Crippen LogP contribution in [0.2, 0.25) is 5.02 Å². The largest absolute Gasteiger partial charge is 0.369 e. The lowest BCUT2D eigenvalue weighted by atomic mass is 10.2. The van der Waals surface area contributed by atoms with Crippen LogP contribution in [0.15, 0.2) is 24.3 Å². The van der Waals surface area contributed by atoms with Gasteiger partial charge in [0.15, 0.2) is 0 Å². The number of hydrogen-bond donors (Lipinski definition) is 0. The highest BCUT2D eigenvalue weighted by Gasteiger charge is 2.20. The number of benzene rings is 1. The van der Waals surface area contributed by atoms with Gasteiger partial charge in [-0.1, -0.05) is 24.6 Å². The first-order valence-corrected chi connectivity index (χ1v) is 6.83. The summed E-state index contributed by atoms with van der Waals surface area (Å²) in [5.74, 6) is 0. The number of anilines is 1. The summed E-state index contributed by atoms with van der Waals surface area (Å²) < 4.78 is 0. The van der Waals surface area contributed by atoms with Crippen molar-refractivity contribution in [3.05, 3.63) is 29.3 Å². The van der Waals surface area contributed by atoms with Gasteiger partial charge in [-0.2, -0.15) is 0 Å². The molecule has 0 saturated carbocycles. The molecule has 94 valence electrons. The molecule has 2 rings (SSSR count). The molecule has 0 unspecified atom stereocenters. The topological polar surface area (TPSA) is 6.48 Å². The van der Waals surface area contributed by atoms with Crippen molar-refractivity contribution in [2.45, 2.75) is 26.3 Å². The SMILES string of the molecule is CC[C@@H](C)N1CCN(c2cccc(Cl)c2)CC1. The molecular formula is C14H21ClN2. The molecule has 17 heavy (non-hydrogen) atoms. The van der Waals surface area contributed by atoms with Crippen LogP contribution in [0.5, 0.6) is 0 Å². The third kappa shape index (κ3) is 3.14. The van der Waals surface area contributed by atoms with E-state index < -0.39 is 0 Å². The quantitative estimate of drug-likeness (QED) is 0.815. The first kappa shape index (κ1) is 12.7. The molecule has 2 nitrogen and oxygen atoms in total. The molecule has 0 radical (unpaired) electrons. The van der Waals surface area contributed by atoms with E-state index in [9.17, 15) is 0 Å². The Labute approximate surface area is 109 Å². The van der Waals surface area contributed by atoms with Gasteiger partial charge in [-0.25, -0.2) is 0 Å². The predicted molar refractivity (Wildman–Crippen MR) is 75.0 cm³/mol. The third-order valence-corrected chi connectivity index (χ3v) is 3.94. The lowest BCUT2D eigenvalue weighted by molar-refractivity contribution is 0.193. The smallest absolute Gasteiger partial charge is 0.0426 e. The fraction of sp³-hybridized carbons (Fsp3) is 0.571. The molecule has 1 fully saturated rings. The number of hydrogen-bond acceptors (Lipinski definition) is 2. The molecule has 1 aromatic carbocycles. The Morgan fingerprint density at radius 1 is 1.24 bits per heavy atom. The first-order valence-electron chi connectivity index (χ1n) is 6.45. The van der Waals surface area contributed by atoms with Crippen molar-refractivity contribution in [2.24, 2.45) is 0 Å². The first-order chi connectivity index (χ1) is 8.20. The summed E-state index contributed by atoms with van der Waals surface area (Å²) in [7, 11) is 0. The van der Waals surface area contributed by atoms with Crippen LogP contribution in [-0.4, -0.2) is 37.1 Å². The molecule has 1 aliphatic rings. The van der Waals surface area contributed by atoms with E-state index in [1.165, 1.54) is 12.1 Å². The Morgan fingerprint density at radius 3 is 2.53 bits per heavy atom. The molecule has 0 aromatic heterocycles. The molecule has 0 aliphatic carbocycles. The summed E-state index contributed by atoms with van der Waals surface area (Å²) >= 11 is 6.03. The van der Waals surface area contributed by atoms with Crippen LogP contribution in [0.3, 0.4) is 0 Å². The highest BCUT2D eigenvalue weighted by molar-refractivity contribution is 6.30. The number of piperazine rings is 1. The van der Waals surface area contributed by atoms with Gasteiger partial charge in [0.05, 0.1) is 0 Å². The summed E-state index contributed by atoms with van der Waals surface area (Å²) in [6.45, 7) is 9.08. The summed E-state index contributed by atoms with van der Waals surface area (Å²) in [4.78, 5) is 4.99. The summed E-state index contributed by atoms with van der Waals surface area (Å²) in [6, 6.07) is 8.86. The van der Waals surface area contributed by atoms with Gasteiger partial charge in [-0.05, 0) is 31.5 Å². The number of halogens is 1. The van der Waals surface area contributed by atoms with Crippen LogP contribution >= 0.6 is 11.6 Å². The average Bonchev–Trinajstić information content (AvgIpc) is 2.38. The molecule has 1 aromatic rings. The summed E-state index contributed by atoms with van der Waals surface area (Å²) in [5, 5.41) is 0.826. The van der Waals surface area contributed by atoms with Crippen molar-refractivity contribution < 1.29 is 0 Å². The molecule has 3 heteroatoms. The maximum absolute atomic E-state index is 6.03. The molecule has 1 aliphatic heterocycles. The van der Waals surface area contributed by atoms with Crippen molar-refractivity contribution in [3.8, 4) is 0 Å². The normalized spacial score (nSPS) is 19.4.